The van der Waals surface area contributed by atoms with Gasteiger partial charge in [-0.05, 0) is 69.4 Å². The molecule has 7 heterocycles. The van der Waals surface area contributed by atoms with E-state index in [9.17, 15) is 24.3 Å². The van der Waals surface area contributed by atoms with Gasteiger partial charge in [0.2, 0.25) is 17.8 Å². The predicted octanol–water partition coefficient (Wildman–Crippen LogP) is 3.10. The number of benzene rings is 1. The van der Waals surface area contributed by atoms with E-state index in [2.05, 4.69) is 52.8 Å². The molecular weight excluding hydrogens is 804 g/mol. The van der Waals surface area contributed by atoms with E-state index in [4.69, 9.17) is 26.4 Å². The zero-order chi connectivity index (χ0) is 42.9. The lowest BCUT2D eigenvalue weighted by molar-refractivity contribution is -0.134. The molecule has 4 N–H and O–H groups in total. The van der Waals surface area contributed by atoms with Crippen molar-refractivity contribution in [3.8, 4) is 5.75 Å². The predicted molar refractivity (Wildman–Crippen MR) is 232 cm³/mol. The van der Waals surface area contributed by atoms with Crippen LogP contribution < -0.4 is 36.0 Å². The summed E-state index contributed by atoms with van der Waals surface area (Å²) in [7, 11) is 3.38. The average Bonchev–Trinajstić information content (AvgIpc) is 3.58. The first-order valence-corrected chi connectivity index (χ1v) is 21.1. The topological polar surface area (TPSA) is 205 Å². The molecule has 2 unspecified atom stereocenters. The van der Waals surface area contributed by atoms with Gasteiger partial charge in [-0.1, -0.05) is 11.6 Å². The molecule has 3 saturated heterocycles. The Morgan fingerprint density at radius 2 is 1.84 bits per heavy atom. The van der Waals surface area contributed by atoms with Crippen molar-refractivity contribution in [2.24, 2.45) is 13.0 Å². The summed E-state index contributed by atoms with van der Waals surface area (Å²) in [5.74, 6) is 0.127. The normalized spacial score (nSPS) is 19.2. The number of pyridine rings is 2. The number of carbonyl (C=O) groups is 3. The van der Waals surface area contributed by atoms with Crippen molar-refractivity contribution in [3.63, 3.8) is 0 Å². The summed E-state index contributed by atoms with van der Waals surface area (Å²) in [6.07, 6.45) is 5.84. The first-order valence-electron chi connectivity index (χ1n) is 20.7. The zero-order valence-electron chi connectivity index (χ0n) is 34.7. The molecule has 322 valence electrons. The number of carbonyl (C=O) groups excluding carboxylic acids is 3. The van der Waals surface area contributed by atoms with Crippen LogP contribution in [-0.4, -0.2) is 123 Å². The number of nitrogens with zero attached hydrogens (tertiary/aromatic N) is 9. The largest absolute Gasteiger partial charge is 0.478 e. The van der Waals surface area contributed by atoms with E-state index in [0.717, 1.165) is 62.2 Å². The fourth-order valence-corrected chi connectivity index (χ4v) is 8.81. The van der Waals surface area contributed by atoms with Crippen molar-refractivity contribution in [1.82, 2.24) is 44.8 Å². The van der Waals surface area contributed by atoms with Crippen LogP contribution in [-0.2, 0) is 21.4 Å². The van der Waals surface area contributed by atoms with Crippen molar-refractivity contribution in [2.45, 2.75) is 57.5 Å². The number of hydrogen-bond acceptors (Lipinski definition) is 14. The number of aliphatic hydroxyl groups excluding tert-OH is 1. The van der Waals surface area contributed by atoms with Crippen molar-refractivity contribution < 1.29 is 24.2 Å². The Bertz CT molecular complexity index is 2540. The minimum absolute atomic E-state index is 0.0227. The monoisotopic (exact) mass is 854 g/mol. The molecule has 0 saturated carbocycles. The second kappa shape index (κ2) is 17.6. The maximum atomic E-state index is 13.2. The number of piperidine rings is 2. The second-order valence-corrected chi connectivity index (χ2v) is 16.7. The molecule has 5 aromatic rings. The number of ether oxygens (including phenoxy) is 1. The Labute approximate surface area is 357 Å². The van der Waals surface area contributed by atoms with Gasteiger partial charge in [-0.2, -0.15) is 10.1 Å². The molecule has 19 heteroatoms. The maximum Gasteiger partial charge on any atom is 0.294 e. The van der Waals surface area contributed by atoms with Crippen LogP contribution in [0.3, 0.4) is 0 Å². The minimum Gasteiger partial charge on any atom is -0.478 e. The van der Waals surface area contributed by atoms with Crippen LogP contribution in [0.5, 0.6) is 5.75 Å². The number of aromatic nitrogens is 6. The number of imide groups is 1. The number of fused-ring (bicyclic) bond motifs is 2. The van der Waals surface area contributed by atoms with Gasteiger partial charge in [0.15, 0.2) is 18.2 Å². The van der Waals surface area contributed by atoms with Gasteiger partial charge in [-0.25, -0.2) is 9.97 Å². The van der Waals surface area contributed by atoms with Crippen LogP contribution in [0.1, 0.15) is 57.2 Å². The van der Waals surface area contributed by atoms with Gasteiger partial charge in [-0.15, -0.1) is 0 Å². The summed E-state index contributed by atoms with van der Waals surface area (Å²) in [4.78, 5) is 70.3. The van der Waals surface area contributed by atoms with E-state index in [1.54, 1.807) is 23.1 Å². The van der Waals surface area contributed by atoms with Gasteiger partial charge in [0.25, 0.3) is 11.5 Å². The summed E-state index contributed by atoms with van der Waals surface area (Å²) in [6, 6.07) is 9.37. The van der Waals surface area contributed by atoms with Gasteiger partial charge >= 0.3 is 0 Å². The second-order valence-electron chi connectivity index (χ2n) is 16.3. The number of nitrogens with one attached hydrogen (secondary N) is 3. The van der Waals surface area contributed by atoms with Crippen LogP contribution >= 0.6 is 11.6 Å². The number of piperazine rings is 1. The molecule has 0 radical (unpaired) electrons. The fourth-order valence-electron chi connectivity index (χ4n) is 8.67. The van der Waals surface area contributed by atoms with E-state index >= 15 is 0 Å². The molecule has 3 amide bonds. The van der Waals surface area contributed by atoms with Gasteiger partial charge in [0.1, 0.15) is 10.7 Å². The lowest BCUT2D eigenvalue weighted by Gasteiger charge is -2.44. The van der Waals surface area contributed by atoms with E-state index in [1.807, 2.05) is 33.0 Å². The number of hydrogen-bond donors (Lipinski definition) is 4. The molecule has 0 aliphatic carbocycles. The van der Waals surface area contributed by atoms with Gasteiger partial charge in [0, 0.05) is 82.3 Å². The number of halogens is 1. The van der Waals surface area contributed by atoms with Crippen molar-refractivity contribution in [3.05, 3.63) is 63.8 Å². The minimum atomic E-state index is -0.455. The molecule has 3 aliphatic rings. The zero-order valence-corrected chi connectivity index (χ0v) is 35.5. The lowest BCUT2D eigenvalue weighted by Crippen LogP contribution is -2.56. The van der Waals surface area contributed by atoms with Crippen molar-refractivity contribution in [1.29, 1.82) is 0 Å². The molecule has 8 rings (SSSR count). The van der Waals surface area contributed by atoms with Crippen LogP contribution in [0.4, 0.5) is 23.1 Å². The van der Waals surface area contributed by atoms with Crippen LogP contribution in [0.15, 0.2) is 47.5 Å². The Morgan fingerprint density at radius 3 is 2.57 bits per heavy atom. The van der Waals surface area contributed by atoms with E-state index in [0.29, 0.717) is 64.5 Å². The Balaban J connectivity index is 0.888. The summed E-state index contributed by atoms with van der Waals surface area (Å²) < 4.78 is 8.93. The number of amides is 3. The first-order chi connectivity index (χ1) is 29.4. The molecular formula is C42H51ClN12O6. The average molecular weight is 855 g/mol. The van der Waals surface area contributed by atoms with Crippen molar-refractivity contribution in [2.75, 3.05) is 74.6 Å². The van der Waals surface area contributed by atoms with E-state index in [-0.39, 0.29) is 54.3 Å². The highest BCUT2D eigenvalue weighted by atomic mass is 35.5. The Kier molecular flexibility index (Phi) is 12.1. The molecule has 2 atom stereocenters. The molecule has 3 aliphatic heterocycles. The number of likely N-dealkylation sites (N-methyl/N-ethyl adjacent to an activating group) is 1. The third-order valence-electron chi connectivity index (χ3n) is 12.0. The summed E-state index contributed by atoms with van der Waals surface area (Å²) in [5.41, 5.74) is 3.36. The van der Waals surface area contributed by atoms with Crippen LogP contribution in [0.2, 0.25) is 5.02 Å². The molecule has 61 heavy (non-hydrogen) atoms. The maximum absolute atomic E-state index is 13.2. The molecule has 4 aromatic heterocycles. The Morgan fingerprint density at radius 1 is 1.03 bits per heavy atom. The van der Waals surface area contributed by atoms with Crippen LogP contribution in [0.25, 0.3) is 21.9 Å². The Hall–Kier alpha value is -5.85. The summed E-state index contributed by atoms with van der Waals surface area (Å²) >= 11 is 6.60. The summed E-state index contributed by atoms with van der Waals surface area (Å²) in [5, 5.41) is 25.3. The quantitative estimate of drug-likeness (QED) is 0.133. The van der Waals surface area contributed by atoms with Gasteiger partial charge in [0.05, 0.1) is 47.9 Å². The number of aliphatic hydroxyl groups is 1. The SMILES string of the molecule is CNC(=O)COc1cc2cc(Nc3nc(N4CCC(CN5CCN(c6ccc7c(C8CCC(=O)NC8=O)nn(C)c7c6)CC5CO)CC4)ncc3Cl)cnc2n(C(C)C)c1=O. The fraction of sp³-hybridized carbons (Fsp3) is 0.476. The smallest absolute Gasteiger partial charge is 0.294 e. The van der Waals surface area contributed by atoms with Gasteiger partial charge < -0.3 is 30.3 Å². The highest BCUT2D eigenvalue weighted by Crippen LogP contribution is 2.34. The highest BCUT2D eigenvalue weighted by molar-refractivity contribution is 6.33. The van der Waals surface area contributed by atoms with Crippen molar-refractivity contribution >= 4 is 74.4 Å². The highest BCUT2D eigenvalue weighted by Gasteiger charge is 2.33. The number of anilines is 4. The molecule has 0 bridgehead atoms. The van der Waals surface area contributed by atoms with Crippen LogP contribution in [0, 0.1) is 5.92 Å². The third kappa shape index (κ3) is 8.69. The van der Waals surface area contributed by atoms with E-state index in [1.165, 1.54) is 11.6 Å². The number of aryl methyl sites for hydroxylation is 1. The molecule has 3 fully saturated rings. The van der Waals surface area contributed by atoms with E-state index < -0.39 is 5.92 Å². The first kappa shape index (κ1) is 41.9. The number of rotatable bonds is 12. The molecule has 18 nitrogen and oxygen atoms in total. The molecule has 0 spiro atoms. The standard InChI is InChI=1S/C42H51ClN12O6/c1-24(2)55-39-26(16-34(41(55)60)61-23-36(58)44-3)15-27(18-45-39)47-38-32(43)19-46-42(49-38)52-11-9-25(10-12-52)20-53-13-14-54(21-29(53)22-56)28-5-6-30-33(17-28)51(4)50-37(30)31-7-8-35(57)48-40(31)59/h5-6,15-19,24-25,29,31,56H,7-14,20-23H2,1-4H3,(H,44,58)(H,46,47,49)(H,48,57,59). The lowest BCUT2D eigenvalue weighted by atomic mass is 9.92. The molecule has 1 aromatic carbocycles. The third-order valence-corrected chi connectivity index (χ3v) is 12.3. The summed E-state index contributed by atoms with van der Waals surface area (Å²) in [6.45, 7) is 8.25. The van der Waals surface area contributed by atoms with Gasteiger partial charge in [-0.3, -0.25) is 38.6 Å².